The van der Waals surface area contributed by atoms with E-state index in [9.17, 15) is 9.59 Å². The third-order valence-electron chi connectivity index (χ3n) is 4.00. The van der Waals surface area contributed by atoms with E-state index >= 15 is 0 Å². The largest absolute Gasteiger partial charge is 0.486 e. The minimum Gasteiger partial charge on any atom is -0.486 e. The van der Waals surface area contributed by atoms with Crippen LogP contribution in [-0.2, 0) is 16.0 Å². The van der Waals surface area contributed by atoms with Crippen molar-refractivity contribution in [2.45, 2.75) is 23.8 Å². The summed E-state index contributed by atoms with van der Waals surface area (Å²) >= 11 is 2.77. The number of para-hydroxylation sites is 2. The van der Waals surface area contributed by atoms with Crippen molar-refractivity contribution in [1.29, 1.82) is 0 Å². The van der Waals surface area contributed by atoms with Crippen LogP contribution in [0.4, 0.5) is 0 Å². The fraction of sp³-hybridized carbons (Fsp3) is 0.389. The van der Waals surface area contributed by atoms with Gasteiger partial charge < -0.3 is 20.1 Å². The molecule has 7 nitrogen and oxygen atoms in total. The molecular weight excluding hydrogens is 386 g/mol. The fourth-order valence-electron chi connectivity index (χ4n) is 2.58. The molecule has 2 amide bonds. The molecule has 1 aliphatic heterocycles. The van der Waals surface area contributed by atoms with Crippen molar-refractivity contribution in [3.05, 3.63) is 34.8 Å². The van der Waals surface area contributed by atoms with Gasteiger partial charge in [0.15, 0.2) is 21.9 Å². The Kier molecular flexibility index (Phi) is 6.22. The molecule has 9 heteroatoms. The van der Waals surface area contributed by atoms with Gasteiger partial charge in [-0.3, -0.25) is 9.59 Å². The number of hydrogen-bond donors (Lipinski definition) is 1. The predicted molar refractivity (Wildman–Crippen MR) is 104 cm³/mol. The standard InChI is InChI=1S/C18H21N3O4S2/c1-11-15(7-16(19)22)27-18(20-11)26-10-17(23)21(2)8-12-9-24-13-5-3-4-6-14(13)25-12/h3-6,12H,7-10H2,1-2H3,(H2,19,22). The second-order valence-corrected chi connectivity index (χ2v) is 8.50. The van der Waals surface area contributed by atoms with Crippen LogP contribution in [0.5, 0.6) is 11.5 Å². The molecule has 0 fully saturated rings. The van der Waals surface area contributed by atoms with Crippen molar-refractivity contribution in [3.8, 4) is 11.5 Å². The molecule has 1 unspecified atom stereocenters. The van der Waals surface area contributed by atoms with Crippen molar-refractivity contribution < 1.29 is 19.1 Å². The number of thioether (sulfide) groups is 1. The summed E-state index contributed by atoms with van der Waals surface area (Å²) in [6.07, 6.45) is -0.0265. The van der Waals surface area contributed by atoms with E-state index in [-0.39, 0.29) is 30.1 Å². The molecule has 0 saturated carbocycles. The third-order valence-corrected chi connectivity index (χ3v) is 6.28. The number of likely N-dealkylation sites (N-methyl/N-ethyl adjacent to an activating group) is 1. The summed E-state index contributed by atoms with van der Waals surface area (Å²) in [5.74, 6) is 1.29. The predicted octanol–water partition coefficient (Wildman–Crippen LogP) is 1.87. The first-order chi connectivity index (χ1) is 12.9. The van der Waals surface area contributed by atoms with Crippen LogP contribution in [0, 0.1) is 6.92 Å². The van der Waals surface area contributed by atoms with Crippen LogP contribution >= 0.6 is 23.1 Å². The van der Waals surface area contributed by atoms with Crippen molar-refractivity contribution in [1.82, 2.24) is 9.88 Å². The van der Waals surface area contributed by atoms with Crippen LogP contribution in [0.1, 0.15) is 10.6 Å². The number of aryl methyl sites for hydroxylation is 1. The number of carbonyl (C=O) groups excluding carboxylic acids is 2. The van der Waals surface area contributed by atoms with Gasteiger partial charge in [-0.05, 0) is 19.1 Å². The molecule has 2 aromatic rings. The molecule has 0 aliphatic carbocycles. The maximum absolute atomic E-state index is 12.4. The number of ether oxygens (including phenoxy) is 2. The Balaban J connectivity index is 1.49. The molecule has 0 spiro atoms. The summed E-state index contributed by atoms with van der Waals surface area (Å²) < 4.78 is 12.3. The van der Waals surface area contributed by atoms with Crippen molar-refractivity contribution in [2.75, 3.05) is 26.0 Å². The maximum atomic E-state index is 12.4. The van der Waals surface area contributed by atoms with Crippen molar-refractivity contribution in [3.63, 3.8) is 0 Å². The number of rotatable bonds is 7. The Labute approximate surface area is 165 Å². The number of fused-ring (bicyclic) bond motifs is 1. The molecule has 0 saturated heterocycles. The molecular formula is C18H21N3O4S2. The van der Waals surface area contributed by atoms with E-state index in [1.165, 1.54) is 23.1 Å². The van der Waals surface area contributed by atoms with Gasteiger partial charge in [0, 0.05) is 11.9 Å². The van der Waals surface area contributed by atoms with E-state index in [0.717, 1.165) is 20.7 Å². The molecule has 1 aromatic carbocycles. The zero-order chi connectivity index (χ0) is 19.4. The number of benzene rings is 1. The SMILES string of the molecule is Cc1nc(SCC(=O)N(C)CC2COc3ccccc3O2)sc1CC(N)=O. The molecule has 1 aromatic heterocycles. The van der Waals surface area contributed by atoms with E-state index in [4.69, 9.17) is 15.2 Å². The maximum Gasteiger partial charge on any atom is 0.232 e. The first kappa shape index (κ1) is 19.5. The van der Waals surface area contributed by atoms with E-state index in [2.05, 4.69) is 4.98 Å². The molecule has 0 bridgehead atoms. The quantitative estimate of drug-likeness (QED) is 0.704. The van der Waals surface area contributed by atoms with Crippen LogP contribution in [-0.4, -0.2) is 53.8 Å². The lowest BCUT2D eigenvalue weighted by molar-refractivity contribution is -0.128. The minimum absolute atomic E-state index is 0.0215. The normalized spacial score (nSPS) is 15.4. The van der Waals surface area contributed by atoms with Crippen molar-refractivity contribution in [2.24, 2.45) is 5.73 Å². The van der Waals surface area contributed by atoms with Crippen molar-refractivity contribution >= 4 is 34.9 Å². The summed E-state index contributed by atoms with van der Waals surface area (Å²) in [7, 11) is 1.75. The summed E-state index contributed by atoms with van der Waals surface area (Å²) in [4.78, 5) is 30.4. The second kappa shape index (κ2) is 8.62. The molecule has 2 N–H and O–H groups in total. The Morgan fingerprint density at radius 1 is 1.37 bits per heavy atom. The average molecular weight is 408 g/mol. The highest BCUT2D eigenvalue weighted by Gasteiger charge is 2.24. The van der Waals surface area contributed by atoms with Gasteiger partial charge in [-0.25, -0.2) is 4.98 Å². The van der Waals surface area contributed by atoms with Gasteiger partial charge in [0.05, 0.1) is 24.4 Å². The van der Waals surface area contributed by atoms with Gasteiger partial charge in [0.1, 0.15) is 6.61 Å². The van der Waals surface area contributed by atoms with Gasteiger partial charge in [0.25, 0.3) is 0 Å². The van der Waals surface area contributed by atoms with Gasteiger partial charge in [0.2, 0.25) is 11.8 Å². The third kappa shape index (κ3) is 5.14. The number of hydrogen-bond acceptors (Lipinski definition) is 7. The fourth-order valence-corrected chi connectivity index (χ4v) is 4.76. The van der Waals surface area contributed by atoms with E-state index in [1.54, 1.807) is 11.9 Å². The monoisotopic (exact) mass is 407 g/mol. The summed E-state index contributed by atoms with van der Waals surface area (Å²) in [5.41, 5.74) is 6.02. The number of thiazole rings is 1. The lowest BCUT2D eigenvalue weighted by Crippen LogP contribution is -2.42. The molecule has 0 radical (unpaired) electrons. The van der Waals surface area contributed by atoms with E-state index < -0.39 is 0 Å². The Morgan fingerprint density at radius 3 is 2.85 bits per heavy atom. The number of nitrogens with two attached hydrogens (primary N) is 1. The highest BCUT2D eigenvalue weighted by atomic mass is 32.2. The van der Waals surface area contributed by atoms with Gasteiger partial charge in [-0.15, -0.1) is 11.3 Å². The van der Waals surface area contributed by atoms with Crippen LogP contribution in [0.25, 0.3) is 0 Å². The Hall–Kier alpha value is -2.26. The zero-order valence-corrected chi connectivity index (χ0v) is 16.8. The molecule has 2 heterocycles. The van der Waals surface area contributed by atoms with Crippen LogP contribution in [0.3, 0.4) is 0 Å². The number of aromatic nitrogens is 1. The molecule has 144 valence electrons. The smallest absolute Gasteiger partial charge is 0.232 e. The molecule has 1 atom stereocenters. The topological polar surface area (TPSA) is 94.8 Å². The minimum atomic E-state index is -0.384. The summed E-state index contributed by atoms with van der Waals surface area (Å²) in [6, 6.07) is 7.50. The highest BCUT2D eigenvalue weighted by molar-refractivity contribution is 8.01. The molecule has 27 heavy (non-hydrogen) atoms. The number of amides is 2. The van der Waals surface area contributed by atoms with Crippen LogP contribution in [0.2, 0.25) is 0 Å². The van der Waals surface area contributed by atoms with Crippen LogP contribution < -0.4 is 15.2 Å². The Morgan fingerprint density at radius 2 is 2.11 bits per heavy atom. The summed E-state index contributed by atoms with van der Waals surface area (Å²) in [6.45, 7) is 2.69. The first-order valence-corrected chi connectivity index (χ1v) is 10.2. The number of nitrogens with zero attached hydrogens (tertiary/aromatic N) is 2. The highest BCUT2D eigenvalue weighted by Crippen LogP contribution is 2.31. The lowest BCUT2D eigenvalue weighted by atomic mass is 10.2. The zero-order valence-electron chi connectivity index (χ0n) is 15.1. The first-order valence-electron chi connectivity index (χ1n) is 8.42. The average Bonchev–Trinajstić information content (AvgIpc) is 2.98. The second-order valence-electron chi connectivity index (χ2n) is 6.19. The van der Waals surface area contributed by atoms with Gasteiger partial charge in [-0.2, -0.15) is 0 Å². The van der Waals surface area contributed by atoms with Crippen LogP contribution in [0.15, 0.2) is 28.6 Å². The lowest BCUT2D eigenvalue weighted by Gasteiger charge is -2.29. The Bertz CT molecular complexity index is 840. The number of carbonyl (C=O) groups is 2. The molecule has 1 aliphatic rings. The van der Waals surface area contributed by atoms with Gasteiger partial charge >= 0.3 is 0 Å². The summed E-state index contributed by atoms with van der Waals surface area (Å²) in [5, 5.41) is 0. The van der Waals surface area contributed by atoms with E-state index in [0.29, 0.717) is 18.9 Å². The molecule has 3 rings (SSSR count). The van der Waals surface area contributed by atoms with E-state index in [1.807, 2.05) is 31.2 Å². The van der Waals surface area contributed by atoms with Gasteiger partial charge in [-0.1, -0.05) is 23.9 Å². The number of primary amides is 1.